The molecule has 0 amide bonds. The highest BCUT2D eigenvalue weighted by atomic mass is 16.5. The first kappa shape index (κ1) is 15.8. The molecule has 1 aliphatic heterocycles. The molecule has 27 heavy (non-hydrogen) atoms. The van der Waals surface area contributed by atoms with E-state index in [1.165, 1.54) is 0 Å². The molecule has 0 bridgehead atoms. The Bertz CT molecular complexity index is 1140. The molecule has 132 valence electrons. The lowest BCUT2D eigenvalue weighted by atomic mass is 9.94. The molecule has 0 aliphatic carbocycles. The van der Waals surface area contributed by atoms with Crippen molar-refractivity contribution in [3.8, 4) is 22.8 Å². The van der Waals surface area contributed by atoms with Crippen LogP contribution < -0.4 is 9.47 Å². The van der Waals surface area contributed by atoms with Crippen LogP contribution in [0.1, 0.15) is 11.1 Å². The number of ether oxygens (including phenoxy) is 2. The maximum absolute atomic E-state index is 6.30. The summed E-state index contributed by atoms with van der Waals surface area (Å²) in [4.78, 5) is 0. The third-order valence-corrected chi connectivity index (χ3v) is 4.90. The van der Waals surface area contributed by atoms with Crippen molar-refractivity contribution in [3.63, 3.8) is 0 Å². The van der Waals surface area contributed by atoms with Crippen LogP contribution in [0.5, 0.6) is 11.5 Å². The Morgan fingerprint density at radius 1 is 0.852 bits per heavy atom. The van der Waals surface area contributed by atoms with Gasteiger partial charge in [-0.3, -0.25) is 0 Å². The second-order valence-electron chi connectivity index (χ2n) is 6.49. The first-order valence-corrected chi connectivity index (χ1v) is 8.93. The van der Waals surface area contributed by atoms with Crippen molar-refractivity contribution < 1.29 is 13.9 Å². The summed E-state index contributed by atoms with van der Waals surface area (Å²) in [6.45, 7) is 0.548. The Labute approximate surface area is 157 Å². The van der Waals surface area contributed by atoms with Gasteiger partial charge in [0.2, 0.25) is 0 Å². The van der Waals surface area contributed by atoms with Crippen molar-refractivity contribution in [2.45, 2.75) is 0 Å². The largest absolute Gasteiger partial charge is 0.497 e. The zero-order valence-corrected chi connectivity index (χ0v) is 14.9. The van der Waals surface area contributed by atoms with Gasteiger partial charge < -0.3 is 13.9 Å². The molecule has 3 nitrogen and oxygen atoms in total. The lowest BCUT2D eigenvalue weighted by Gasteiger charge is -2.19. The van der Waals surface area contributed by atoms with E-state index in [1.54, 1.807) is 7.11 Å². The van der Waals surface area contributed by atoms with Crippen LogP contribution in [-0.4, -0.2) is 13.7 Å². The molecular weight excluding hydrogens is 336 g/mol. The van der Waals surface area contributed by atoms with Crippen LogP contribution >= 0.6 is 0 Å². The number of furan rings is 1. The Hall–Kier alpha value is -3.46. The molecule has 0 unspecified atom stereocenters. The minimum Gasteiger partial charge on any atom is -0.497 e. The fourth-order valence-electron chi connectivity index (χ4n) is 3.55. The number of rotatable bonds is 3. The molecule has 1 aromatic heterocycles. The van der Waals surface area contributed by atoms with Gasteiger partial charge in [-0.2, -0.15) is 0 Å². The summed E-state index contributed by atoms with van der Waals surface area (Å²) in [6.07, 6.45) is 2.11. The smallest absolute Gasteiger partial charge is 0.146 e. The molecule has 1 aliphatic rings. The van der Waals surface area contributed by atoms with E-state index >= 15 is 0 Å². The molecule has 2 heterocycles. The Balaban J connectivity index is 1.68. The topological polar surface area (TPSA) is 31.6 Å². The van der Waals surface area contributed by atoms with Crippen LogP contribution in [0.25, 0.3) is 27.9 Å². The number of methoxy groups -OCH3 is 1. The second-order valence-corrected chi connectivity index (χ2v) is 6.49. The Morgan fingerprint density at radius 3 is 2.44 bits per heavy atom. The van der Waals surface area contributed by atoms with Crippen molar-refractivity contribution in [2.24, 2.45) is 0 Å². The van der Waals surface area contributed by atoms with Crippen LogP contribution in [0.4, 0.5) is 0 Å². The predicted octanol–water partition coefficient (Wildman–Crippen LogP) is 5.93. The van der Waals surface area contributed by atoms with Crippen molar-refractivity contribution >= 4 is 16.5 Å². The minimum absolute atomic E-state index is 0.548. The summed E-state index contributed by atoms with van der Waals surface area (Å²) in [5, 5.41) is 1.07. The monoisotopic (exact) mass is 354 g/mol. The van der Waals surface area contributed by atoms with Gasteiger partial charge in [-0.25, -0.2) is 0 Å². The molecule has 0 N–H and O–H groups in total. The zero-order valence-electron chi connectivity index (χ0n) is 14.9. The summed E-state index contributed by atoms with van der Waals surface area (Å²) in [5.41, 5.74) is 5.16. The van der Waals surface area contributed by atoms with Crippen LogP contribution in [0.15, 0.2) is 83.3 Å². The molecule has 0 spiro atoms. The predicted molar refractivity (Wildman–Crippen MR) is 107 cm³/mol. The summed E-state index contributed by atoms with van der Waals surface area (Å²) in [6, 6.07) is 24.4. The highest BCUT2D eigenvalue weighted by molar-refractivity contribution is 5.99. The summed E-state index contributed by atoms with van der Waals surface area (Å²) in [5.74, 6) is 2.55. The van der Waals surface area contributed by atoms with Crippen LogP contribution in [-0.2, 0) is 0 Å². The number of hydrogen-bond acceptors (Lipinski definition) is 3. The average molecular weight is 354 g/mol. The first-order chi connectivity index (χ1) is 13.3. The quantitative estimate of drug-likeness (QED) is 0.457. The SMILES string of the molecule is COc1ccc(C2=CCOc3ccc4cc(-c5ccccc5)oc4c32)cc1. The molecular formula is C24H18O3. The third kappa shape index (κ3) is 2.68. The zero-order chi connectivity index (χ0) is 18.2. The molecule has 0 saturated heterocycles. The lowest BCUT2D eigenvalue weighted by Crippen LogP contribution is -2.05. The van der Waals surface area contributed by atoms with Crippen molar-refractivity contribution in [2.75, 3.05) is 13.7 Å². The van der Waals surface area contributed by atoms with Gasteiger partial charge in [0.1, 0.15) is 29.4 Å². The van der Waals surface area contributed by atoms with Crippen LogP contribution in [0, 0.1) is 0 Å². The number of fused-ring (bicyclic) bond motifs is 3. The molecule has 5 rings (SSSR count). The van der Waals surface area contributed by atoms with E-state index in [-0.39, 0.29) is 0 Å². The second kappa shape index (κ2) is 6.36. The van der Waals surface area contributed by atoms with Crippen LogP contribution in [0.3, 0.4) is 0 Å². The molecule has 0 saturated carbocycles. The number of benzene rings is 3. The van der Waals surface area contributed by atoms with Crippen molar-refractivity contribution in [1.29, 1.82) is 0 Å². The van der Waals surface area contributed by atoms with E-state index in [0.717, 1.165) is 50.5 Å². The summed E-state index contributed by atoms with van der Waals surface area (Å²) < 4.78 is 17.5. The fraction of sp³-hybridized carbons (Fsp3) is 0.0833. The van der Waals surface area contributed by atoms with E-state index in [1.807, 2.05) is 36.4 Å². The highest BCUT2D eigenvalue weighted by Gasteiger charge is 2.22. The minimum atomic E-state index is 0.548. The fourth-order valence-corrected chi connectivity index (χ4v) is 3.55. The molecule has 4 aromatic rings. The van der Waals surface area contributed by atoms with Gasteiger partial charge in [-0.15, -0.1) is 0 Å². The van der Waals surface area contributed by atoms with E-state index in [0.29, 0.717) is 6.61 Å². The van der Waals surface area contributed by atoms with Gasteiger partial charge in [0, 0.05) is 10.9 Å². The van der Waals surface area contributed by atoms with E-state index in [9.17, 15) is 0 Å². The maximum Gasteiger partial charge on any atom is 0.146 e. The highest BCUT2D eigenvalue weighted by Crippen LogP contribution is 2.42. The standard InChI is InChI=1S/C24H18O3/c1-25-19-10-7-16(8-11-19)20-13-14-26-21-12-9-18-15-22(27-24(18)23(20)21)17-5-3-2-4-6-17/h2-13,15H,14H2,1H3. The van der Waals surface area contributed by atoms with Gasteiger partial charge in [-0.05, 0) is 47.5 Å². The van der Waals surface area contributed by atoms with E-state index in [4.69, 9.17) is 13.9 Å². The normalized spacial score (nSPS) is 13.0. The Kier molecular flexibility index (Phi) is 3.72. The van der Waals surface area contributed by atoms with Gasteiger partial charge in [0.25, 0.3) is 0 Å². The average Bonchev–Trinajstić information content (AvgIpc) is 3.19. The summed E-state index contributed by atoms with van der Waals surface area (Å²) in [7, 11) is 1.68. The maximum atomic E-state index is 6.30. The van der Waals surface area contributed by atoms with Crippen molar-refractivity contribution in [3.05, 3.63) is 90.0 Å². The molecule has 3 heteroatoms. The van der Waals surface area contributed by atoms with Gasteiger partial charge in [0.15, 0.2) is 0 Å². The van der Waals surface area contributed by atoms with Crippen LogP contribution in [0.2, 0.25) is 0 Å². The van der Waals surface area contributed by atoms with Gasteiger partial charge in [-0.1, -0.05) is 42.5 Å². The van der Waals surface area contributed by atoms with E-state index in [2.05, 4.69) is 42.5 Å². The number of hydrogen-bond donors (Lipinski definition) is 0. The van der Waals surface area contributed by atoms with Crippen molar-refractivity contribution in [1.82, 2.24) is 0 Å². The van der Waals surface area contributed by atoms with Gasteiger partial charge >= 0.3 is 0 Å². The molecule has 3 aromatic carbocycles. The molecule has 0 atom stereocenters. The molecule has 0 radical (unpaired) electrons. The summed E-state index contributed by atoms with van der Waals surface area (Å²) >= 11 is 0. The Morgan fingerprint density at radius 2 is 1.67 bits per heavy atom. The third-order valence-electron chi connectivity index (χ3n) is 4.90. The first-order valence-electron chi connectivity index (χ1n) is 8.93. The lowest BCUT2D eigenvalue weighted by molar-refractivity contribution is 0.357. The van der Waals surface area contributed by atoms with Gasteiger partial charge in [0.05, 0.1) is 12.7 Å². The molecule has 0 fully saturated rings. The van der Waals surface area contributed by atoms with E-state index < -0.39 is 0 Å².